The Hall–Kier alpha value is -2.71. The topological polar surface area (TPSA) is 102 Å². The number of esters is 2. The number of allylic oxidation sites excluding steroid dienone is 8. The molecule has 8 heteroatoms. The summed E-state index contributed by atoms with van der Waals surface area (Å²) in [6.07, 6.45) is 30.2. The minimum Gasteiger partial charge on any atom is -0.544 e. The summed E-state index contributed by atoms with van der Waals surface area (Å²) in [7, 11) is 5.36. The lowest BCUT2D eigenvalue weighted by Crippen LogP contribution is -2.55. The number of aliphatic carboxylic acids is 1. The number of carboxylic acid groups (broad SMARTS) is 1. The summed E-state index contributed by atoms with van der Waals surface area (Å²) in [5, 5.41) is 11.5. The largest absolute Gasteiger partial charge is 0.544 e. The highest BCUT2D eigenvalue weighted by Crippen LogP contribution is 2.11. The molecule has 0 saturated carbocycles. The third kappa shape index (κ3) is 27.3. The first-order valence-corrected chi connectivity index (χ1v) is 17.2. The first kappa shape index (κ1) is 42.3. The Labute approximate surface area is 274 Å². The van der Waals surface area contributed by atoms with Crippen LogP contribution in [0.25, 0.3) is 0 Å². The fourth-order valence-corrected chi connectivity index (χ4v) is 4.51. The van der Waals surface area contributed by atoms with E-state index in [0.717, 1.165) is 64.2 Å². The van der Waals surface area contributed by atoms with E-state index in [9.17, 15) is 19.5 Å². The second-order valence-electron chi connectivity index (χ2n) is 12.4. The van der Waals surface area contributed by atoms with Crippen LogP contribution in [0.1, 0.15) is 117 Å². The molecular weight excluding hydrogens is 570 g/mol. The molecule has 0 aliphatic carbocycles. The van der Waals surface area contributed by atoms with Crippen LogP contribution in [0.3, 0.4) is 0 Å². The number of rotatable bonds is 29. The lowest BCUT2D eigenvalue weighted by molar-refractivity contribution is -0.889. The maximum absolute atomic E-state index is 12.6. The van der Waals surface area contributed by atoms with Gasteiger partial charge in [-0.25, -0.2) is 0 Å². The summed E-state index contributed by atoms with van der Waals surface area (Å²) >= 11 is 0. The summed E-state index contributed by atoms with van der Waals surface area (Å²) in [4.78, 5) is 36.4. The van der Waals surface area contributed by atoms with Gasteiger partial charge in [0, 0.05) is 19.3 Å². The number of carbonyl (C=O) groups is 3. The van der Waals surface area contributed by atoms with Gasteiger partial charge in [-0.3, -0.25) is 9.59 Å². The molecule has 45 heavy (non-hydrogen) atoms. The lowest BCUT2D eigenvalue weighted by atomic mass is 10.1. The summed E-state index contributed by atoms with van der Waals surface area (Å²) < 4.78 is 16.9. The molecule has 0 aromatic carbocycles. The van der Waals surface area contributed by atoms with E-state index in [1.165, 1.54) is 12.8 Å². The van der Waals surface area contributed by atoms with Gasteiger partial charge in [-0.1, -0.05) is 88.1 Å². The number of hydrogen-bond acceptors (Lipinski definition) is 7. The van der Waals surface area contributed by atoms with Crippen LogP contribution in [0.5, 0.6) is 0 Å². The van der Waals surface area contributed by atoms with Crippen LogP contribution in [0.2, 0.25) is 0 Å². The minimum absolute atomic E-state index is 0.0181. The summed E-state index contributed by atoms with van der Waals surface area (Å²) in [6, 6.07) is -0.732. The van der Waals surface area contributed by atoms with Gasteiger partial charge in [-0.2, -0.15) is 0 Å². The highest BCUT2D eigenvalue weighted by molar-refractivity contribution is 5.70. The monoisotopic (exact) mass is 633 g/mol. The Kier molecular flexibility index (Phi) is 27.0. The molecule has 0 rings (SSSR count). The number of quaternary nitrogens is 1. The zero-order valence-corrected chi connectivity index (χ0v) is 29.0. The van der Waals surface area contributed by atoms with Gasteiger partial charge in [0.15, 0.2) is 6.10 Å². The van der Waals surface area contributed by atoms with Gasteiger partial charge in [0.25, 0.3) is 0 Å². The van der Waals surface area contributed by atoms with Crippen molar-refractivity contribution in [1.29, 1.82) is 0 Å². The fourth-order valence-electron chi connectivity index (χ4n) is 4.51. The van der Waals surface area contributed by atoms with Crippen LogP contribution in [0.4, 0.5) is 0 Å². The number of unbranched alkanes of at least 4 members (excludes halogenated alkanes) is 7. The molecule has 0 aromatic heterocycles. The van der Waals surface area contributed by atoms with Crippen LogP contribution in [0.15, 0.2) is 48.6 Å². The van der Waals surface area contributed by atoms with Crippen molar-refractivity contribution >= 4 is 17.9 Å². The Balaban J connectivity index is 4.53. The summed E-state index contributed by atoms with van der Waals surface area (Å²) in [5.74, 6) is -1.85. The van der Waals surface area contributed by atoms with Gasteiger partial charge in [0.1, 0.15) is 12.6 Å². The van der Waals surface area contributed by atoms with E-state index < -0.39 is 18.1 Å². The molecule has 2 unspecified atom stereocenters. The first-order valence-electron chi connectivity index (χ1n) is 17.2. The third-order valence-electron chi connectivity index (χ3n) is 7.21. The van der Waals surface area contributed by atoms with E-state index in [0.29, 0.717) is 6.42 Å². The molecule has 2 atom stereocenters. The standard InChI is InChI=1S/C37H63NO7/c1-6-8-10-12-14-15-16-17-18-19-20-22-24-26-28-36(40)45-33(31-43-30-29-34(37(41)42)38(3,4)5)32-44-35(39)27-25-23-21-13-11-9-7-2/h8,10,14-15,17-18,21,23,33-34H,6-7,9,11-13,16,19-20,22,24-32H2,1-5H3/b10-8+,15-14+,18-17+,23-21+. The van der Waals surface area contributed by atoms with Crippen LogP contribution in [0, 0.1) is 0 Å². The highest BCUT2D eigenvalue weighted by Gasteiger charge is 2.25. The molecule has 0 aliphatic rings. The van der Waals surface area contributed by atoms with E-state index in [4.69, 9.17) is 14.2 Å². The molecule has 0 heterocycles. The molecular formula is C37H63NO7. The maximum atomic E-state index is 12.6. The van der Waals surface area contributed by atoms with Gasteiger partial charge in [-0.05, 0) is 57.8 Å². The lowest BCUT2D eigenvalue weighted by Gasteiger charge is -2.34. The van der Waals surface area contributed by atoms with Gasteiger partial charge in [0.2, 0.25) is 0 Å². The number of carbonyl (C=O) groups excluding carboxylic acids is 3. The molecule has 0 amide bonds. The van der Waals surface area contributed by atoms with Crippen molar-refractivity contribution in [2.24, 2.45) is 0 Å². The Morgan fingerprint density at radius 3 is 1.93 bits per heavy atom. The minimum atomic E-state index is -1.14. The van der Waals surface area contributed by atoms with Gasteiger partial charge in [0.05, 0.1) is 40.3 Å². The average molecular weight is 634 g/mol. The predicted octanol–water partition coefficient (Wildman–Crippen LogP) is 6.79. The highest BCUT2D eigenvalue weighted by atomic mass is 16.6. The molecule has 258 valence electrons. The maximum Gasteiger partial charge on any atom is 0.306 e. The number of ether oxygens (including phenoxy) is 3. The second-order valence-corrected chi connectivity index (χ2v) is 12.4. The quantitative estimate of drug-likeness (QED) is 0.0387. The zero-order valence-electron chi connectivity index (χ0n) is 29.0. The normalized spacial score (nSPS) is 13.7. The van der Waals surface area contributed by atoms with Gasteiger partial charge < -0.3 is 28.6 Å². The Morgan fingerprint density at radius 1 is 0.689 bits per heavy atom. The molecule has 0 N–H and O–H groups in total. The molecule has 0 bridgehead atoms. The van der Waals surface area contributed by atoms with Crippen molar-refractivity contribution in [3.05, 3.63) is 48.6 Å². The molecule has 0 saturated heterocycles. The van der Waals surface area contributed by atoms with Crippen molar-refractivity contribution in [1.82, 2.24) is 0 Å². The van der Waals surface area contributed by atoms with Crippen LogP contribution in [-0.2, 0) is 28.6 Å². The van der Waals surface area contributed by atoms with Gasteiger partial charge in [-0.15, -0.1) is 0 Å². The molecule has 8 nitrogen and oxygen atoms in total. The van der Waals surface area contributed by atoms with E-state index in [1.807, 2.05) is 6.08 Å². The van der Waals surface area contributed by atoms with Crippen molar-refractivity contribution in [3.8, 4) is 0 Å². The van der Waals surface area contributed by atoms with Crippen molar-refractivity contribution in [2.75, 3.05) is 41.0 Å². The predicted molar refractivity (Wildman–Crippen MR) is 180 cm³/mol. The zero-order chi connectivity index (χ0) is 33.6. The number of hydrogen-bond donors (Lipinski definition) is 0. The fraction of sp³-hybridized carbons (Fsp3) is 0.703. The summed E-state index contributed by atoms with van der Waals surface area (Å²) in [6.45, 7) is 4.38. The molecule has 0 aromatic rings. The van der Waals surface area contributed by atoms with Crippen LogP contribution in [-0.4, -0.2) is 75.5 Å². The Bertz CT molecular complexity index is 886. The van der Waals surface area contributed by atoms with E-state index in [-0.39, 0.29) is 55.5 Å². The van der Waals surface area contributed by atoms with Crippen molar-refractivity contribution < 1.29 is 38.2 Å². The van der Waals surface area contributed by atoms with Crippen molar-refractivity contribution in [2.45, 2.75) is 129 Å². The summed E-state index contributed by atoms with van der Waals surface area (Å²) in [5.41, 5.74) is 0. The SMILES string of the molecule is CC/C=C/C/C=C/C/C=C/CCCCCCC(=O)OC(COCCC(C(=O)[O-])[N+](C)(C)C)COC(=O)CC/C=C/CCCCC. The van der Waals surface area contributed by atoms with E-state index in [2.05, 4.69) is 56.4 Å². The average Bonchev–Trinajstić information content (AvgIpc) is 2.98. The first-order chi connectivity index (χ1) is 21.6. The van der Waals surface area contributed by atoms with Crippen molar-refractivity contribution in [3.63, 3.8) is 0 Å². The van der Waals surface area contributed by atoms with Gasteiger partial charge >= 0.3 is 11.9 Å². The molecule has 0 fully saturated rings. The molecule has 0 spiro atoms. The van der Waals surface area contributed by atoms with E-state index in [1.54, 1.807) is 21.1 Å². The van der Waals surface area contributed by atoms with Crippen LogP contribution >= 0.6 is 0 Å². The molecule has 0 aliphatic heterocycles. The smallest absolute Gasteiger partial charge is 0.306 e. The van der Waals surface area contributed by atoms with Crippen LogP contribution < -0.4 is 5.11 Å². The van der Waals surface area contributed by atoms with E-state index >= 15 is 0 Å². The third-order valence-corrected chi connectivity index (χ3v) is 7.21. The molecule has 0 radical (unpaired) electrons. The second kappa shape index (κ2) is 28.7. The number of carboxylic acids is 1. The number of nitrogens with zero attached hydrogens (tertiary/aromatic N) is 1. The Morgan fingerprint density at radius 2 is 1.29 bits per heavy atom. The number of likely N-dealkylation sites (N-methyl/N-ethyl adjacent to an activating group) is 1.